The molecule has 1 aliphatic carbocycles. The molecule has 2 aliphatic rings. The second-order valence-electron chi connectivity index (χ2n) is 10.2. The Morgan fingerprint density at radius 3 is 2.27 bits per heavy atom. The number of carbonyl (C=O) groups is 2. The van der Waals surface area contributed by atoms with Crippen molar-refractivity contribution in [2.45, 2.75) is 58.2 Å². The molecule has 3 aromatic carbocycles. The van der Waals surface area contributed by atoms with Crippen LogP contribution in [0.3, 0.4) is 0 Å². The van der Waals surface area contributed by atoms with E-state index in [-0.39, 0.29) is 12.3 Å². The van der Waals surface area contributed by atoms with Gasteiger partial charge in [-0.2, -0.15) is 0 Å². The number of benzene rings is 3. The highest BCUT2D eigenvalue weighted by atomic mass is 32.2. The van der Waals surface area contributed by atoms with Crippen LogP contribution in [-0.2, 0) is 22.6 Å². The molecule has 1 saturated carbocycles. The average Bonchev–Trinajstić information content (AvgIpc) is 3.27. The van der Waals surface area contributed by atoms with Crippen LogP contribution in [0.4, 0.5) is 5.69 Å². The minimum Gasteiger partial charge on any atom is -0.490 e. The van der Waals surface area contributed by atoms with E-state index in [1.165, 1.54) is 31.0 Å². The first-order valence-corrected chi connectivity index (χ1v) is 14.9. The third-order valence-corrected chi connectivity index (χ3v) is 8.09. The molecule has 3 aromatic rings. The molecule has 0 aromatic heterocycles. The number of hydrogen-bond donors (Lipinski definition) is 1. The van der Waals surface area contributed by atoms with Gasteiger partial charge in [-0.25, -0.2) is 4.99 Å². The van der Waals surface area contributed by atoms with Crippen molar-refractivity contribution in [3.05, 3.63) is 94.4 Å². The molecule has 7 nitrogen and oxygen atoms in total. The average molecular weight is 571 g/mol. The molecule has 0 bridgehead atoms. The van der Waals surface area contributed by atoms with E-state index in [4.69, 9.17) is 14.6 Å². The fourth-order valence-electron chi connectivity index (χ4n) is 4.86. The standard InChI is InChI=1S/C33H34N2O5S/c1-2-35-32(38)30(41-33(35)34-26-14-8-24(9-15-26)21-31(36)37)20-23-10-16-27(17-11-23)39-22-25-12-18-29(19-13-25)40-28-6-4-3-5-7-28/h8-20,28H,2-7,21-22H2,1H3,(H,36,37)/b30-20+,34-33?. The number of aliphatic carboxylic acids is 1. The smallest absolute Gasteiger partial charge is 0.307 e. The van der Waals surface area contributed by atoms with Crippen LogP contribution in [0.1, 0.15) is 55.7 Å². The molecule has 1 aliphatic heterocycles. The van der Waals surface area contributed by atoms with Crippen LogP contribution in [0.15, 0.2) is 82.7 Å². The SMILES string of the molecule is CCN1C(=O)/C(=C\c2ccc(OCc3ccc(OC4CCCCC4)cc3)cc2)SC1=Nc1ccc(CC(=O)O)cc1. The van der Waals surface area contributed by atoms with E-state index < -0.39 is 5.97 Å². The van der Waals surface area contributed by atoms with Crippen molar-refractivity contribution in [1.82, 2.24) is 4.90 Å². The summed E-state index contributed by atoms with van der Waals surface area (Å²) in [6.07, 6.45) is 8.26. The highest BCUT2D eigenvalue weighted by Crippen LogP contribution is 2.34. The lowest BCUT2D eigenvalue weighted by Crippen LogP contribution is -2.28. The minimum absolute atomic E-state index is 0.0369. The summed E-state index contributed by atoms with van der Waals surface area (Å²) >= 11 is 1.33. The summed E-state index contributed by atoms with van der Waals surface area (Å²) in [7, 11) is 0. The quantitative estimate of drug-likeness (QED) is 0.259. The first-order valence-electron chi connectivity index (χ1n) is 14.1. The fourth-order valence-corrected chi connectivity index (χ4v) is 5.92. The van der Waals surface area contributed by atoms with Gasteiger partial charge in [0.05, 0.1) is 23.1 Å². The van der Waals surface area contributed by atoms with Gasteiger partial charge in [0.25, 0.3) is 5.91 Å². The largest absolute Gasteiger partial charge is 0.490 e. The first kappa shape index (κ1) is 28.5. The predicted molar refractivity (Wildman–Crippen MR) is 163 cm³/mol. The third-order valence-electron chi connectivity index (χ3n) is 7.08. The Labute approximate surface area is 244 Å². The molecule has 0 atom stereocenters. The summed E-state index contributed by atoms with van der Waals surface area (Å²) in [5.41, 5.74) is 3.34. The zero-order valence-corrected chi connectivity index (χ0v) is 23.9. The topological polar surface area (TPSA) is 88.4 Å². The molecule has 5 rings (SSSR count). The van der Waals surface area contributed by atoms with Crippen molar-refractivity contribution in [3.63, 3.8) is 0 Å². The Kier molecular flexibility index (Phi) is 9.41. The number of aliphatic imine (C=N–C) groups is 1. The summed E-state index contributed by atoms with van der Waals surface area (Å²) in [5, 5.41) is 9.56. The van der Waals surface area contributed by atoms with Crippen molar-refractivity contribution in [3.8, 4) is 11.5 Å². The van der Waals surface area contributed by atoms with Crippen LogP contribution in [-0.4, -0.2) is 39.7 Å². The number of nitrogens with zero attached hydrogens (tertiary/aromatic N) is 2. The first-order chi connectivity index (χ1) is 20.0. The highest BCUT2D eigenvalue weighted by molar-refractivity contribution is 8.18. The maximum atomic E-state index is 13.0. The molecule has 0 radical (unpaired) electrons. The number of rotatable bonds is 10. The number of carbonyl (C=O) groups excluding carboxylic acids is 1. The summed E-state index contributed by atoms with van der Waals surface area (Å²) in [6, 6.07) is 22.8. The van der Waals surface area contributed by atoms with Crippen molar-refractivity contribution in [2.24, 2.45) is 4.99 Å². The number of carboxylic acids is 1. The molecular weight excluding hydrogens is 536 g/mol. The Balaban J connectivity index is 1.18. The Morgan fingerprint density at radius 1 is 0.951 bits per heavy atom. The van der Waals surface area contributed by atoms with Crippen LogP contribution in [0.5, 0.6) is 11.5 Å². The number of thioether (sulfide) groups is 1. The maximum absolute atomic E-state index is 13.0. The predicted octanol–water partition coefficient (Wildman–Crippen LogP) is 7.23. The van der Waals surface area contributed by atoms with E-state index in [0.717, 1.165) is 35.5 Å². The van der Waals surface area contributed by atoms with Gasteiger partial charge in [-0.15, -0.1) is 0 Å². The monoisotopic (exact) mass is 570 g/mol. The minimum atomic E-state index is -0.877. The molecule has 1 heterocycles. The summed E-state index contributed by atoms with van der Waals surface area (Å²) < 4.78 is 12.1. The van der Waals surface area contributed by atoms with Gasteiger partial charge in [-0.3, -0.25) is 14.5 Å². The van der Waals surface area contributed by atoms with Crippen molar-refractivity contribution in [1.29, 1.82) is 0 Å². The Bertz CT molecular complexity index is 1410. The van der Waals surface area contributed by atoms with Gasteiger partial charge < -0.3 is 14.6 Å². The van der Waals surface area contributed by atoms with Gasteiger partial charge >= 0.3 is 5.97 Å². The Morgan fingerprint density at radius 2 is 1.61 bits per heavy atom. The van der Waals surface area contributed by atoms with Crippen molar-refractivity contribution < 1.29 is 24.2 Å². The second kappa shape index (κ2) is 13.5. The van der Waals surface area contributed by atoms with Gasteiger partial charge in [0.1, 0.15) is 18.1 Å². The van der Waals surface area contributed by atoms with Gasteiger partial charge in [0.2, 0.25) is 0 Å². The number of amidine groups is 1. The highest BCUT2D eigenvalue weighted by Gasteiger charge is 2.32. The van der Waals surface area contributed by atoms with Gasteiger partial charge in [0, 0.05) is 6.54 Å². The summed E-state index contributed by atoms with van der Waals surface area (Å²) in [4.78, 5) is 30.8. The zero-order chi connectivity index (χ0) is 28.6. The number of hydrogen-bond acceptors (Lipinski definition) is 6. The van der Waals surface area contributed by atoms with Crippen LogP contribution in [0.2, 0.25) is 0 Å². The normalized spacial score (nSPS) is 17.8. The molecule has 0 unspecified atom stereocenters. The third kappa shape index (κ3) is 7.79. The van der Waals surface area contributed by atoms with E-state index in [0.29, 0.717) is 40.6 Å². The van der Waals surface area contributed by atoms with Crippen LogP contribution in [0, 0.1) is 0 Å². The lowest BCUT2D eigenvalue weighted by molar-refractivity contribution is -0.136. The number of amides is 1. The number of carboxylic acid groups (broad SMARTS) is 1. The van der Waals surface area contributed by atoms with E-state index in [1.807, 2.05) is 61.5 Å². The van der Waals surface area contributed by atoms with E-state index in [1.54, 1.807) is 29.2 Å². The maximum Gasteiger partial charge on any atom is 0.307 e. The van der Waals surface area contributed by atoms with Crippen LogP contribution < -0.4 is 9.47 Å². The van der Waals surface area contributed by atoms with Gasteiger partial charge in [-0.1, -0.05) is 42.8 Å². The van der Waals surface area contributed by atoms with E-state index in [2.05, 4.69) is 4.99 Å². The molecule has 1 saturated heterocycles. The molecule has 41 heavy (non-hydrogen) atoms. The summed E-state index contributed by atoms with van der Waals surface area (Å²) in [6.45, 7) is 2.87. The van der Waals surface area contributed by atoms with Gasteiger partial charge in [0.15, 0.2) is 5.17 Å². The van der Waals surface area contributed by atoms with E-state index in [9.17, 15) is 9.59 Å². The lowest BCUT2D eigenvalue weighted by Gasteiger charge is -2.23. The molecule has 212 valence electrons. The number of ether oxygens (including phenoxy) is 2. The molecule has 1 N–H and O–H groups in total. The lowest BCUT2D eigenvalue weighted by atomic mass is 9.98. The van der Waals surface area contributed by atoms with Crippen LogP contribution >= 0.6 is 11.8 Å². The second-order valence-corrected chi connectivity index (χ2v) is 11.2. The van der Waals surface area contributed by atoms with Crippen molar-refractivity contribution in [2.75, 3.05) is 6.54 Å². The van der Waals surface area contributed by atoms with Gasteiger partial charge in [-0.05, 0) is 104 Å². The number of likely N-dealkylation sites (N-methyl/N-ethyl adjacent to an activating group) is 1. The van der Waals surface area contributed by atoms with Crippen LogP contribution in [0.25, 0.3) is 6.08 Å². The zero-order valence-electron chi connectivity index (χ0n) is 23.1. The molecule has 8 heteroatoms. The fraction of sp³-hybridized carbons (Fsp3) is 0.303. The van der Waals surface area contributed by atoms with E-state index >= 15 is 0 Å². The molecule has 2 fully saturated rings. The molecule has 1 amide bonds. The molecule has 0 spiro atoms. The molecular formula is C33H34N2O5S. The Hall–Kier alpha value is -4.04. The summed E-state index contributed by atoms with van der Waals surface area (Å²) in [5.74, 6) is 0.706. The van der Waals surface area contributed by atoms with Crippen molar-refractivity contribution >= 4 is 40.6 Å².